The van der Waals surface area contributed by atoms with Crippen molar-refractivity contribution in [3.63, 3.8) is 0 Å². The van der Waals surface area contributed by atoms with Crippen molar-refractivity contribution >= 4 is 29.0 Å². The largest absolute Gasteiger partial charge is 0.390 e. The number of likely N-dealkylation sites (tertiary alicyclic amines) is 2. The van der Waals surface area contributed by atoms with Gasteiger partial charge in [0.15, 0.2) is 5.82 Å². The van der Waals surface area contributed by atoms with Gasteiger partial charge in [0, 0.05) is 76.0 Å². The van der Waals surface area contributed by atoms with E-state index in [4.69, 9.17) is 4.98 Å². The number of rotatable bonds is 5. The quantitative estimate of drug-likeness (QED) is 0.479. The first-order valence-electron chi connectivity index (χ1n) is 14.4. The molecule has 0 radical (unpaired) electrons. The number of benzene rings is 1. The van der Waals surface area contributed by atoms with Crippen molar-refractivity contribution in [3.8, 4) is 10.7 Å². The van der Waals surface area contributed by atoms with Crippen LogP contribution >= 0.6 is 11.3 Å². The molecule has 2 N–H and O–H groups in total. The Morgan fingerprint density at radius 2 is 1.90 bits per heavy atom. The number of aliphatic hydroxyl groups is 1. The van der Waals surface area contributed by atoms with Crippen LogP contribution in [0, 0.1) is 5.41 Å². The van der Waals surface area contributed by atoms with E-state index in [1.165, 1.54) is 22.5 Å². The number of anilines is 1. The molecule has 4 aliphatic rings. The van der Waals surface area contributed by atoms with Crippen LogP contribution in [0.25, 0.3) is 10.7 Å². The van der Waals surface area contributed by atoms with Gasteiger partial charge in [0.05, 0.1) is 16.5 Å². The minimum atomic E-state index is -0.624. The molecular formula is C30H35N7O3S. The second-order valence-corrected chi connectivity index (χ2v) is 13.0. The molecule has 1 spiro atoms. The molecule has 2 atom stereocenters. The van der Waals surface area contributed by atoms with E-state index in [2.05, 4.69) is 44.5 Å². The average molecular weight is 574 g/mol. The van der Waals surface area contributed by atoms with E-state index in [0.717, 1.165) is 50.3 Å². The number of hydrogen-bond donors (Lipinski definition) is 2. The molecule has 11 heteroatoms. The Morgan fingerprint density at radius 1 is 1.10 bits per heavy atom. The van der Waals surface area contributed by atoms with Crippen LogP contribution in [0.5, 0.6) is 0 Å². The van der Waals surface area contributed by atoms with Gasteiger partial charge in [-0.2, -0.15) is 0 Å². The fourth-order valence-corrected chi connectivity index (χ4v) is 7.65. The Balaban J connectivity index is 1.03. The predicted molar refractivity (Wildman–Crippen MR) is 155 cm³/mol. The molecule has 1 aromatic carbocycles. The lowest BCUT2D eigenvalue weighted by atomic mass is 9.60. The second kappa shape index (κ2) is 10.5. The SMILES string of the molecule is CC(=O)N1CC2(CC(Nc3cc(C(=O)N4CC[C@@H](N5CCc6ccccc6C5)[C@H](O)C4)nc(-c4cncs4)n3)C2)C1. The summed E-state index contributed by atoms with van der Waals surface area (Å²) in [5.74, 6) is 1.04. The maximum absolute atomic E-state index is 13.7. The first kappa shape index (κ1) is 26.5. The molecule has 0 bridgehead atoms. The highest BCUT2D eigenvalue weighted by molar-refractivity contribution is 7.13. The smallest absolute Gasteiger partial charge is 0.272 e. The van der Waals surface area contributed by atoms with Gasteiger partial charge in [0.1, 0.15) is 11.5 Å². The van der Waals surface area contributed by atoms with Gasteiger partial charge < -0.3 is 20.2 Å². The van der Waals surface area contributed by atoms with Crippen molar-refractivity contribution in [3.05, 3.63) is 58.9 Å². The highest BCUT2D eigenvalue weighted by atomic mass is 32.1. The zero-order chi connectivity index (χ0) is 28.1. The van der Waals surface area contributed by atoms with Gasteiger partial charge in [0.2, 0.25) is 5.91 Å². The summed E-state index contributed by atoms with van der Waals surface area (Å²) < 4.78 is 0. The van der Waals surface area contributed by atoms with Crippen molar-refractivity contribution < 1.29 is 14.7 Å². The third-order valence-electron chi connectivity index (χ3n) is 9.27. The van der Waals surface area contributed by atoms with Crippen LogP contribution in [-0.2, 0) is 17.8 Å². The van der Waals surface area contributed by atoms with Crippen LogP contribution < -0.4 is 5.32 Å². The molecular weight excluding hydrogens is 538 g/mol. The van der Waals surface area contributed by atoms with E-state index < -0.39 is 6.10 Å². The van der Waals surface area contributed by atoms with Crippen LogP contribution in [0.2, 0.25) is 0 Å². The molecule has 2 aromatic heterocycles. The number of aliphatic hydroxyl groups excluding tert-OH is 1. The molecule has 10 nitrogen and oxygen atoms in total. The molecule has 41 heavy (non-hydrogen) atoms. The third-order valence-corrected chi connectivity index (χ3v) is 10.0. The molecule has 1 aliphatic carbocycles. The van der Waals surface area contributed by atoms with Gasteiger partial charge in [-0.3, -0.25) is 19.5 Å². The standard InChI is InChI=1S/C30H35N7O3S/c1-19(38)37-16-30(17-37)11-22(12-30)32-27-10-23(33-28(34-27)26-13-31-18-41-26)29(40)36-9-7-24(25(39)15-36)35-8-6-20-4-2-3-5-21(20)14-35/h2-5,10,13,18,22,24-25,39H,6-9,11-12,14-17H2,1H3,(H,32,33,34)/t24-,25-/m1/s1. The highest BCUT2D eigenvalue weighted by Crippen LogP contribution is 2.49. The van der Waals surface area contributed by atoms with Crippen molar-refractivity contribution in [1.29, 1.82) is 0 Å². The number of fused-ring (bicyclic) bond motifs is 1. The van der Waals surface area contributed by atoms with Crippen LogP contribution in [0.4, 0.5) is 5.82 Å². The summed E-state index contributed by atoms with van der Waals surface area (Å²) in [5, 5.41) is 14.7. The molecule has 3 aliphatic heterocycles. The molecule has 2 saturated heterocycles. The summed E-state index contributed by atoms with van der Waals surface area (Å²) in [5.41, 5.74) is 4.98. The number of β-amino-alcohol motifs (C(OH)–C–C–N with tert-alkyl or cyclic N) is 1. The molecule has 2 amide bonds. The molecule has 5 heterocycles. The summed E-state index contributed by atoms with van der Waals surface area (Å²) in [7, 11) is 0. The van der Waals surface area contributed by atoms with Crippen molar-refractivity contribution in [2.24, 2.45) is 5.41 Å². The van der Waals surface area contributed by atoms with Crippen molar-refractivity contribution in [2.45, 2.75) is 57.3 Å². The van der Waals surface area contributed by atoms with Gasteiger partial charge >= 0.3 is 0 Å². The van der Waals surface area contributed by atoms with Crippen molar-refractivity contribution in [2.75, 3.05) is 38.0 Å². The number of amides is 2. The normalized spacial score (nSPS) is 24.0. The van der Waals surface area contributed by atoms with Crippen LogP contribution in [0.1, 0.15) is 47.8 Å². The number of piperidine rings is 1. The van der Waals surface area contributed by atoms with Gasteiger partial charge in [-0.15, -0.1) is 11.3 Å². The molecule has 1 saturated carbocycles. The lowest BCUT2D eigenvalue weighted by Gasteiger charge is -2.59. The van der Waals surface area contributed by atoms with Gasteiger partial charge in [-0.1, -0.05) is 24.3 Å². The molecule has 0 unspecified atom stereocenters. The Labute approximate surface area is 243 Å². The van der Waals surface area contributed by atoms with E-state index in [1.807, 2.05) is 4.90 Å². The van der Waals surface area contributed by atoms with Crippen LogP contribution in [-0.4, -0.2) is 97.5 Å². The number of carbonyl (C=O) groups is 2. The zero-order valence-corrected chi connectivity index (χ0v) is 24.0. The summed E-state index contributed by atoms with van der Waals surface area (Å²) >= 11 is 1.43. The summed E-state index contributed by atoms with van der Waals surface area (Å²) in [6, 6.07) is 10.5. The van der Waals surface area contributed by atoms with E-state index in [0.29, 0.717) is 30.3 Å². The zero-order valence-electron chi connectivity index (χ0n) is 23.2. The Bertz CT molecular complexity index is 1450. The maximum Gasteiger partial charge on any atom is 0.272 e. The minimum Gasteiger partial charge on any atom is -0.390 e. The Kier molecular flexibility index (Phi) is 6.75. The van der Waals surface area contributed by atoms with E-state index in [1.54, 1.807) is 29.6 Å². The molecule has 214 valence electrons. The molecule has 7 rings (SSSR count). The second-order valence-electron chi connectivity index (χ2n) is 12.1. The van der Waals surface area contributed by atoms with Gasteiger partial charge in [-0.25, -0.2) is 9.97 Å². The van der Waals surface area contributed by atoms with E-state index in [-0.39, 0.29) is 35.9 Å². The van der Waals surface area contributed by atoms with Crippen LogP contribution in [0.15, 0.2) is 42.0 Å². The molecule has 3 aromatic rings. The Hall–Kier alpha value is -3.41. The summed E-state index contributed by atoms with van der Waals surface area (Å²) in [6.07, 6.45) is 4.74. The third kappa shape index (κ3) is 5.11. The molecule has 3 fully saturated rings. The lowest BCUT2D eigenvalue weighted by Crippen LogP contribution is -2.65. The lowest BCUT2D eigenvalue weighted by molar-refractivity contribution is -0.147. The van der Waals surface area contributed by atoms with E-state index in [9.17, 15) is 14.7 Å². The number of nitrogens with one attached hydrogen (secondary N) is 1. The van der Waals surface area contributed by atoms with Gasteiger partial charge in [-0.05, 0) is 36.8 Å². The van der Waals surface area contributed by atoms with Crippen molar-refractivity contribution in [1.82, 2.24) is 29.7 Å². The number of carbonyl (C=O) groups excluding carboxylic acids is 2. The predicted octanol–water partition coefficient (Wildman–Crippen LogP) is 2.66. The fourth-order valence-electron chi connectivity index (χ4n) is 7.10. The first-order chi connectivity index (χ1) is 19.9. The summed E-state index contributed by atoms with van der Waals surface area (Å²) in [6.45, 7) is 5.86. The first-order valence-corrected chi connectivity index (χ1v) is 15.3. The number of nitrogens with zero attached hydrogens (tertiary/aromatic N) is 6. The highest BCUT2D eigenvalue weighted by Gasteiger charge is 2.53. The maximum atomic E-state index is 13.7. The van der Waals surface area contributed by atoms with Crippen LogP contribution in [0.3, 0.4) is 0 Å². The summed E-state index contributed by atoms with van der Waals surface area (Å²) in [4.78, 5) is 45.6. The van der Waals surface area contributed by atoms with Gasteiger partial charge in [0.25, 0.3) is 5.91 Å². The number of thiazole rings is 1. The topological polar surface area (TPSA) is 115 Å². The Morgan fingerprint density at radius 3 is 2.63 bits per heavy atom. The number of aromatic nitrogens is 3. The minimum absolute atomic E-state index is 0.0270. The average Bonchev–Trinajstić information content (AvgIpc) is 3.48. The monoisotopic (exact) mass is 573 g/mol. The fraction of sp³-hybridized carbons (Fsp3) is 0.500. The van der Waals surface area contributed by atoms with E-state index >= 15 is 0 Å². The number of hydrogen-bond acceptors (Lipinski definition) is 9.